The van der Waals surface area contributed by atoms with Crippen LogP contribution in [0.25, 0.3) is 0 Å². The van der Waals surface area contributed by atoms with Crippen molar-refractivity contribution in [3.05, 3.63) is 34.9 Å². The van der Waals surface area contributed by atoms with E-state index in [4.69, 9.17) is 11.6 Å². The van der Waals surface area contributed by atoms with Crippen molar-refractivity contribution in [3.63, 3.8) is 0 Å². The minimum Gasteiger partial charge on any atom is -0.340 e. The van der Waals surface area contributed by atoms with Crippen molar-refractivity contribution in [1.82, 2.24) is 9.80 Å². The summed E-state index contributed by atoms with van der Waals surface area (Å²) >= 11 is 5.88. The number of hydrogen-bond donors (Lipinski definition) is 0. The van der Waals surface area contributed by atoms with E-state index in [2.05, 4.69) is 18.9 Å². The van der Waals surface area contributed by atoms with Gasteiger partial charge in [0.05, 0.1) is 0 Å². The molecule has 1 amide bonds. The average Bonchev–Trinajstić information content (AvgIpc) is 2.40. The van der Waals surface area contributed by atoms with E-state index in [1.54, 1.807) is 0 Å². The van der Waals surface area contributed by atoms with Crippen LogP contribution in [0, 0.1) is 0 Å². The van der Waals surface area contributed by atoms with Crippen molar-refractivity contribution in [1.29, 1.82) is 0 Å². The zero-order chi connectivity index (χ0) is 13.8. The molecule has 1 aromatic rings. The molecular formula is C15H21ClN2O. The Hall–Kier alpha value is -1.06. The second kappa shape index (κ2) is 6.40. The van der Waals surface area contributed by atoms with Crippen LogP contribution in [0.5, 0.6) is 0 Å². The smallest absolute Gasteiger partial charge is 0.223 e. The number of piperazine rings is 1. The summed E-state index contributed by atoms with van der Waals surface area (Å²) in [6.07, 6.45) is 0.575. The third-order valence-corrected chi connectivity index (χ3v) is 4.03. The van der Waals surface area contributed by atoms with Gasteiger partial charge in [-0.15, -0.1) is 0 Å². The molecule has 1 atom stereocenters. The highest BCUT2D eigenvalue weighted by Gasteiger charge is 2.21. The zero-order valence-corrected chi connectivity index (χ0v) is 12.4. The van der Waals surface area contributed by atoms with Crippen LogP contribution in [0.15, 0.2) is 24.3 Å². The summed E-state index contributed by atoms with van der Waals surface area (Å²) in [4.78, 5) is 16.5. The topological polar surface area (TPSA) is 23.6 Å². The molecule has 0 aliphatic carbocycles. The molecule has 1 fully saturated rings. The Morgan fingerprint density at radius 3 is 2.37 bits per heavy atom. The van der Waals surface area contributed by atoms with E-state index in [1.807, 2.05) is 29.2 Å². The Bertz CT molecular complexity index is 424. The van der Waals surface area contributed by atoms with Crippen molar-refractivity contribution in [2.45, 2.75) is 19.3 Å². The van der Waals surface area contributed by atoms with E-state index in [0.717, 1.165) is 31.2 Å². The van der Waals surface area contributed by atoms with Gasteiger partial charge in [-0.25, -0.2) is 0 Å². The molecule has 3 nitrogen and oxygen atoms in total. The molecule has 2 rings (SSSR count). The molecule has 1 aliphatic heterocycles. The highest BCUT2D eigenvalue weighted by Crippen LogP contribution is 2.22. The maximum atomic E-state index is 12.2. The van der Waals surface area contributed by atoms with Crippen LogP contribution in [0.4, 0.5) is 0 Å². The fourth-order valence-corrected chi connectivity index (χ4v) is 2.48. The number of nitrogens with zero attached hydrogens (tertiary/aromatic N) is 2. The molecule has 0 aromatic heterocycles. The number of likely N-dealkylation sites (N-methyl/N-ethyl adjacent to an activating group) is 1. The van der Waals surface area contributed by atoms with Gasteiger partial charge in [0.25, 0.3) is 0 Å². The molecule has 104 valence electrons. The predicted octanol–water partition coefficient (Wildman–Crippen LogP) is 2.61. The van der Waals surface area contributed by atoms with Crippen molar-refractivity contribution >= 4 is 17.5 Å². The van der Waals surface area contributed by atoms with Crippen molar-refractivity contribution in [2.24, 2.45) is 0 Å². The SMILES string of the molecule is C[C@@H](CC(=O)N1CCN(C)CC1)c1ccc(Cl)cc1. The highest BCUT2D eigenvalue weighted by atomic mass is 35.5. The monoisotopic (exact) mass is 280 g/mol. The molecule has 0 bridgehead atoms. The number of carbonyl (C=O) groups excluding carboxylic acids is 1. The third kappa shape index (κ3) is 3.95. The van der Waals surface area contributed by atoms with Gasteiger partial charge in [0.1, 0.15) is 0 Å². The van der Waals surface area contributed by atoms with E-state index in [1.165, 1.54) is 5.56 Å². The Balaban J connectivity index is 1.89. The molecular weight excluding hydrogens is 260 g/mol. The molecule has 1 aliphatic rings. The van der Waals surface area contributed by atoms with Gasteiger partial charge < -0.3 is 9.80 Å². The quantitative estimate of drug-likeness (QED) is 0.850. The summed E-state index contributed by atoms with van der Waals surface area (Å²) in [5.41, 5.74) is 1.17. The molecule has 1 aromatic carbocycles. The maximum Gasteiger partial charge on any atom is 0.223 e. The molecule has 0 saturated carbocycles. The van der Waals surface area contributed by atoms with Gasteiger partial charge in [-0.3, -0.25) is 4.79 Å². The Kier molecular flexibility index (Phi) is 4.83. The lowest BCUT2D eigenvalue weighted by Crippen LogP contribution is -2.47. The molecule has 0 N–H and O–H groups in total. The third-order valence-electron chi connectivity index (χ3n) is 3.78. The lowest BCUT2D eigenvalue weighted by atomic mass is 9.97. The maximum absolute atomic E-state index is 12.2. The molecule has 4 heteroatoms. The lowest BCUT2D eigenvalue weighted by molar-refractivity contribution is -0.133. The summed E-state index contributed by atoms with van der Waals surface area (Å²) in [5.74, 6) is 0.500. The van der Waals surface area contributed by atoms with E-state index in [9.17, 15) is 4.79 Å². The largest absolute Gasteiger partial charge is 0.340 e. The Morgan fingerprint density at radius 2 is 1.79 bits per heavy atom. The average molecular weight is 281 g/mol. The molecule has 0 radical (unpaired) electrons. The minimum atomic E-state index is 0.240. The van der Waals surface area contributed by atoms with Crippen molar-refractivity contribution < 1.29 is 4.79 Å². The lowest BCUT2D eigenvalue weighted by Gasteiger charge is -2.33. The number of halogens is 1. The van der Waals surface area contributed by atoms with E-state index in [-0.39, 0.29) is 11.8 Å². The Labute approximate surface area is 120 Å². The van der Waals surface area contributed by atoms with Crippen LogP contribution in [-0.2, 0) is 4.79 Å². The van der Waals surface area contributed by atoms with Crippen LogP contribution < -0.4 is 0 Å². The normalized spacial score (nSPS) is 18.4. The van der Waals surface area contributed by atoms with Crippen molar-refractivity contribution in [2.75, 3.05) is 33.2 Å². The molecule has 0 unspecified atom stereocenters. The van der Waals surface area contributed by atoms with Gasteiger partial charge in [-0.1, -0.05) is 30.7 Å². The first-order valence-corrected chi connectivity index (χ1v) is 7.16. The van der Waals surface area contributed by atoms with E-state index in [0.29, 0.717) is 6.42 Å². The van der Waals surface area contributed by atoms with Gasteiger partial charge >= 0.3 is 0 Å². The first kappa shape index (κ1) is 14.4. The first-order valence-electron chi connectivity index (χ1n) is 6.78. The highest BCUT2D eigenvalue weighted by molar-refractivity contribution is 6.30. The van der Waals surface area contributed by atoms with Crippen LogP contribution in [-0.4, -0.2) is 48.9 Å². The molecule has 19 heavy (non-hydrogen) atoms. The first-order chi connectivity index (χ1) is 9.06. The molecule has 1 heterocycles. The molecule has 0 spiro atoms. The van der Waals surface area contributed by atoms with E-state index < -0.39 is 0 Å². The van der Waals surface area contributed by atoms with Gasteiger partial charge in [-0.2, -0.15) is 0 Å². The summed E-state index contributed by atoms with van der Waals surface area (Å²) < 4.78 is 0. The number of amides is 1. The standard InChI is InChI=1S/C15H21ClN2O/c1-12(13-3-5-14(16)6-4-13)11-15(19)18-9-7-17(2)8-10-18/h3-6,12H,7-11H2,1-2H3/t12-/m0/s1. The Morgan fingerprint density at radius 1 is 1.21 bits per heavy atom. The summed E-state index contributed by atoms with van der Waals surface area (Å²) in [6.45, 7) is 5.74. The van der Waals surface area contributed by atoms with Crippen LogP contribution in [0.1, 0.15) is 24.8 Å². The predicted molar refractivity (Wildman–Crippen MR) is 78.6 cm³/mol. The summed E-state index contributed by atoms with van der Waals surface area (Å²) in [5, 5.41) is 0.737. The summed E-state index contributed by atoms with van der Waals surface area (Å²) in [6, 6.07) is 7.77. The fraction of sp³-hybridized carbons (Fsp3) is 0.533. The minimum absolute atomic E-state index is 0.240. The van der Waals surface area contributed by atoms with Crippen LogP contribution in [0.3, 0.4) is 0 Å². The van der Waals surface area contributed by atoms with Crippen LogP contribution >= 0.6 is 11.6 Å². The fourth-order valence-electron chi connectivity index (χ4n) is 2.36. The number of carbonyl (C=O) groups is 1. The van der Waals surface area contributed by atoms with Gasteiger partial charge in [0, 0.05) is 37.6 Å². The van der Waals surface area contributed by atoms with Gasteiger partial charge in [0.2, 0.25) is 5.91 Å². The van der Waals surface area contributed by atoms with E-state index >= 15 is 0 Å². The second-order valence-corrected chi connectivity index (χ2v) is 5.78. The summed E-state index contributed by atoms with van der Waals surface area (Å²) in [7, 11) is 2.10. The number of rotatable bonds is 3. The molecule has 1 saturated heterocycles. The zero-order valence-electron chi connectivity index (χ0n) is 11.6. The van der Waals surface area contributed by atoms with Gasteiger partial charge in [-0.05, 0) is 30.7 Å². The van der Waals surface area contributed by atoms with Crippen molar-refractivity contribution in [3.8, 4) is 0 Å². The number of benzene rings is 1. The second-order valence-electron chi connectivity index (χ2n) is 5.34. The van der Waals surface area contributed by atoms with Crippen LogP contribution in [0.2, 0.25) is 5.02 Å². The number of hydrogen-bond acceptors (Lipinski definition) is 2. The van der Waals surface area contributed by atoms with Gasteiger partial charge in [0.15, 0.2) is 0 Å².